The third kappa shape index (κ3) is 3.55. The number of morpholine rings is 1. The van der Waals surface area contributed by atoms with Crippen molar-refractivity contribution in [3.05, 3.63) is 34.9 Å². The number of rotatable bonds is 2. The van der Waals surface area contributed by atoms with Crippen molar-refractivity contribution in [2.75, 3.05) is 39.5 Å². The van der Waals surface area contributed by atoms with E-state index in [2.05, 4.69) is 0 Å². The molecule has 21 heavy (non-hydrogen) atoms. The van der Waals surface area contributed by atoms with Gasteiger partial charge < -0.3 is 19.1 Å². The topological polar surface area (TPSA) is 48.0 Å². The van der Waals surface area contributed by atoms with Crippen LogP contribution in [0.5, 0.6) is 0 Å². The molecule has 0 unspecified atom stereocenters. The van der Waals surface area contributed by atoms with Crippen molar-refractivity contribution in [2.45, 2.75) is 12.2 Å². The van der Waals surface area contributed by atoms with Crippen LogP contribution in [-0.4, -0.2) is 56.4 Å². The zero-order chi connectivity index (χ0) is 14.7. The van der Waals surface area contributed by atoms with Crippen molar-refractivity contribution in [1.82, 2.24) is 4.90 Å². The maximum absolute atomic E-state index is 12.4. The lowest BCUT2D eigenvalue weighted by atomic mass is 10.1. The van der Waals surface area contributed by atoms with Crippen LogP contribution in [0.2, 0.25) is 5.02 Å². The summed E-state index contributed by atoms with van der Waals surface area (Å²) in [5.41, 5.74) is 1.03. The predicted molar refractivity (Wildman–Crippen MR) is 77.3 cm³/mol. The molecule has 0 aromatic heterocycles. The monoisotopic (exact) mass is 311 g/mol. The second kappa shape index (κ2) is 6.75. The molecule has 5 nitrogen and oxygen atoms in total. The summed E-state index contributed by atoms with van der Waals surface area (Å²) < 4.78 is 16.5. The molecule has 6 heteroatoms. The second-order valence-corrected chi connectivity index (χ2v) is 5.57. The van der Waals surface area contributed by atoms with Crippen LogP contribution >= 0.6 is 11.6 Å². The predicted octanol–water partition coefficient (Wildman–Crippen LogP) is 1.66. The molecule has 1 amide bonds. The first-order chi connectivity index (χ1) is 10.2. The quantitative estimate of drug-likeness (QED) is 0.833. The van der Waals surface area contributed by atoms with Gasteiger partial charge in [0, 0.05) is 11.6 Å². The summed E-state index contributed by atoms with van der Waals surface area (Å²) in [6.07, 6.45) is -0.604. The highest BCUT2D eigenvalue weighted by Crippen LogP contribution is 2.24. The van der Waals surface area contributed by atoms with Gasteiger partial charge in [0.15, 0.2) is 6.10 Å². The first-order valence-electron chi connectivity index (χ1n) is 7.09. The largest absolute Gasteiger partial charge is 0.376 e. The number of benzene rings is 1. The second-order valence-electron chi connectivity index (χ2n) is 5.13. The number of hydrogen-bond donors (Lipinski definition) is 0. The van der Waals surface area contributed by atoms with Crippen molar-refractivity contribution in [1.29, 1.82) is 0 Å². The average molecular weight is 312 g/mol. The van der Waals surface area contributed by atoms with Crippen LogP contribution in [0, 0.1) is 0 Å². The van der Waals surface area contributed by atoms with Crippen LogP contribution in [0.4, 0.5) is 0 Å². The molecular formula is C15H18ClNO4. The molecule has 2 saturated heterocycles. The standard InChI is InChI=1S/C15H18ClNO4/c16-12-3-1-11(2-4-12)13-9-17(5-6-20-13)15(18)14-10-19-7-8-21-14/h1-4,13-14H,5-10H2/t13-,14-/m0/s1. The van der Waals surface area contributed by atoms with Gasteiger partial charge in [0.2, 0.25) is 0 Å². The van der Waals surface area contributed by atoms with Gasteiger partial charge in [-0.1, -0.05) is 23.7 Å². The van der Waals surface area contributed by atoms with E-state index in [1.807, 2.05) is 24.3 Å². The Balaban J connectivity index is 1.64. The summed E-state index contributed by atoms with van der Waals surface area (Å²) in [5, 5.41) is 0.690. The third-order valence-corrected chi connectivity index (χ3v) is 3.96. The molecule has 0 bridgehead atoms. The Labute approximate surface area is 128 Å². The van der Waals surface area contributed by atoms with Crippen molar-refractivity contribution in [3.63, 3.8) is 0 Å². The molecule has 2 aliphatic rings. The van der Waals surface area contributed by atoms with E-state index in [0.717, 1.165) is 5.56 Å². The van der Waals surface area contributed by atoms with Crippen LogP contribution in [0.1, 0.15) is 11.7 Å². The van der Waals surface area contributed by atoms with E-state index >= 15 is 0 Å². The smallest absolute Gasteiger partial charge is 0.254 e. The third-order valence-electron chi connectivity index (χ3n) is 3.71. The van der Waals surface area contributed by atoms with E-state index in [-0.39, 0.29) is 12.0 Å². The summed E-state index contributed by atoms with van der Waals surface area (Å²) in [5.74, 6) is -0.0167. The Morgan fingerprint density at radius 3 is 2.67 bits per heavy atom. The Kier molecular flexibility index (Phi) is 4.75. The van der Waals surface area contributed by atoms with Crippen molar-refractivity contribution in [2.24, 2.45) is 0 Å². The maximum atomic E-state index is 12.4. The molecule has 2 heterocycles. The molecule has 1 aromatic rings. The first kappa shape index (κ1) is 14.8. The summed E-state index contributed by atoms with van der Waals surface area (Å²) in [6, 6.07) is 7.53. The fourth-order valence-electron chi connectivity index (χ4n) is 2.56. The summed E-state index contributed by atoms with van der Waals surface area (Å²) in [6.45, 7) is 3.00. The SMILES string of the molecule is O=C([C@@H]1COCCO1)N1CCO[C@H](c2ccc(Cl)cc2)C1. The lowest BCUT2D eigenvalue weighted by molar-refractivity contribution is -0.164. The molecule has 0 spiro atoms. The molecule has 114 valence electrons. The van der Waals surface area contributed by atoms with E-state index in [0.29, 0.717) is 44.5 Å². The molecular weight excluding hydrogens is 294 g/mol. The zero-order valence-electron chi connectivity index (χ0n) is 11.7. The maximum Gasteiger partial charge on any atom is 0.254 e. The van der Waals surface area contributed by atoms with E-state index in [4.69, 9.17) is 25.8 Å². The Bertz CT molecular complexity index is 487. The zero-order valence-corrected chi connectivity index (χ0v) is 12.4. The van der Waals surface area contributed by atoms with Crippen LogP contribution < -0.4 is 0 Å². The van der Waals surface area contributed by atoms with Crippen LogP contribution in [0.3, 0.4) is 0 Å². The van der Waals surface area contributed by atoms with Gasteiger partial charge in [-0.05, 0) is 17.7 Å². The molecule has 2 atom stereocenters. The highest BCUT2D eigenvalue weighted by Gasteiger charge is 2.31. The summed E-state index contributed by atoms with van der Waals surface area (Å²) >= 11 is 5.90. The number of nitrogens with zero attached hydrogens (tertiary/aromatic N) is 1. The highest BCUT2D eigenvalue weighted by atomic mass is 35.5. The van der Waals surface area contributed by atoms with Crippen LogP contribution in [0.25, 0.3) is 0 Å². The van der Waals surface area contributed by atoms with Crippen LogP contribution in [-0.2, 0) is 19.0 Å². The average Bonchev–Trinajstić information content (AvgIpc) is 2.56. The molecule has 1 aromatic carbocycles. The fraction of sp³-hybridized carbons (Fsp3) is 0.533. The number of halogens is 1. The number of carbonyl (C=O) groups is 1. The lowest BCUT2D eigenvalue weighted by Gasteiger charge is -2.35. The van der Waals surface area contributed by atoms with Gasteiger partial charge in [0.05, 0.1) is 33.0 Å². The van der Waals surface area contributed by atoms with Gasteiger partial charge in [-0.15, -0.1) is 0 Å². The normalized spacial score (nSPS) is 26.6. The number of amides is 1. The van der Waals surface area contributed by atoms with Gasteiger partial charge in [-0.2, -0.15) is 0 Å². The van der Waals surface area contributed by atoms with Gasteiger partial charge in [0.25, 0.3) is 5.91 Å². The Hall–Kier alpha value is -1.14. The minimum Gasteiger partial charge on any atom is -0.376 e. The van der Waals surface area contributed by atoms with E-state index in [1.165, 1.54) is 0 Å². The van der Waals surface area contributed by atoms with E-state index in [9.17, 15) is 4.79 Å². The fourth-order valence-corrected chi connectivity index (χ4v) is 2.69. The Morgan fingerprint density at radius 1 is 1.14 bits per heavy atom. The van der Waals surface area contributed by atoms with E-state index < -0.39 is 6.10 Å². The minimum absolute atomic E-state index is 0.0167. The molecule has 3 rings (SSSR count). The van der Waals surface area contributed by atoms with E-state index in [1.54, 1.807) is 4.90 Å². The Morgan fingerprint density at radius 2 is 1.95 bits per heavy atom. The summed E-state index contributed by atoms with van der Waals surface area (Å²) in [7, 11) is 0. The number of ether oxygens (including phenoxy) is 3. The van der Waals surface area contributed by atoms with Crippen molar-refractivity contribution in [3.8, 4) is 0 Å². The summed E-state index contributed by atoms with van der Waals surface area (Å²) in [4.78, 5) is 14.2. The molecule has 0 radical (unpaired) electrons. The molecule has 2 aliphatic heterocycles. The van der Waals surface area contributed by atoms with Gasteiger partial charge in [-0.25, -0.2) is 0 Å². The van der Waals surface area contributed by atoms with Crippen molar-refractivity contribution < 1.29 is 19.0 Å². The first-order valence-corrected chi connectivity index (χ1v) is 7.47. The lowest BCUT2D eigenvalue weighted by Crippen LogP contribution is -2.50. The van der Waals surface area contributed by atoms with Gasteiger partial charge in [0.1, 0.15) is 6.10 Å². The number of hydrogen-bond acceptors (Lipinski definition) is 4. The van der Waals surface area contributed by atoms with Gasteiger partial charge in [-0.3, -0.25) is 4.79 Å². The minimum atomic E-state index is -0.484. The van der Waals surface area contributed by atoms with Gasteiger partial charge >= 0.3 is 0 Å². The number of carbonyl (C=O) groups excluding carboxylic acids is 1. The molecule has 2 fully saturated rings. The van der Waals surface area contributed by atoms with Crippen LogP contribution in [0.15, 0.2) is 24.3 Å². The highest BCUT2D eigenvalue weighted by molar-refractivity contribution is 6.30. The molecule has 0 aliphatic carbocycles. The molecule has 0 N–H and O–H groups in total. The van der Waals surface area contributed by atoms with Crippen molar-refractivity contribution >= 4 is 17.5 Å². The molecule has 0 saturated carbocycles.